The summed E-state index contributed by atoms with van der Waals surface area (Å²) in [4.78, 5) is 21.6. The molecular weight excluding hydrogens is 369 g/mol. The van der Waals surface area contributed by atoms with Crippen molar-refractivity contribution < 1.29 is 17.0 Å². The molecule has 128 valence electrons. The predicted octanol–water partition coefficient (Wildman–Crippen LogP) is 0.591. The Labute approximate surface area is 161 Å². The Bertz CT molecular complexity index is 1120. The standard InChI is InChI=1S/C20H13ClN3O.ClH/c21-15-9-10-17-16(13-15)18(14-7-3-1-4-8-14)23-19(20(25)22-17)24-11-5-2-6-12-24;/h1-13H;1H/q+1;/p-1. The first-order valence-electron chi connectivity index (χ1n) is 7.76. The number of aromatic nitrogens is 3. The highest BCUT2D eigenvalue weighted by molar-refractivity contribution is 6.31. The van der Waals surface area contributed by atoms with Gasteiger partial charge in [0.15, 0.2) is 5.69 Å². The van der Waals surface area contributed by atoms with Crippen molar-refractivity contribution >= 4 is 22.5 Å². The van der Waals surface area contributed by atoms with Gasteiger partial charge in [-0.05, 0) is 35.3 Å². The first-order valence-corrected chi connectivity index (χ1v) is 8.14. The molecule has 0 fully saturated rings. The maximum atomic E-state index is 12.7. The first kappa shape index (κ1) is 18.0. The van der Waals surface area contributed by atoms with E-state index in [-0.39, 0.29) is 18.2 Å². The van der Waals surface area contributed by atoms with Crippen LogP contribution in [0, 0.1) is 0 Å². The molecule has 0 aliphatic carbocycles. The third kappa shape index (κ3) is 3.43. The van der Waals surface area contributed by atoms with Crippen LogP contribution < -0.4 is 22.5 Å². The van der Waals surface area contributed by atoms with Crippen molar-refractivity contribution in [3.05, 3.63) is 94.5 Å². The topological polar surface area (TPSA) is 46.7 Å². The van der Waals surface area contributed by atoms with Gasteiger partial charge < -0.3 is 12.4 Å². The van der Waals surface area contributed by atoms with Crippen LogP contribution in [0.3, 0.4) is 0 Å². The number of pyridine rings is 1. The van der Waals surface area contributed by atoms with Crippen molar-refractivity contribution in [3.63, 3.8) is 0 Å². The van der Waals surface area contributed by atoms with Gasteiger partial charge in [-0.15, -0.1) is 0 Å². The van der Waals surface area contributed by atoms with E-state index in [1.807, 2.05) is 48.5 Å². The van der Waals surface area contributed by atoms with E-state index in [1.54, 1.807) is 35.2 Å². The highest BCUT2D eigenvalue weighted by Gasteiger charge is 2.19. The molecule has 6 heteroatoms. The lowest BCUT2D eigenvalue weighted by Gasteiger charge is -1.98. The zero-order valence-corrected chi connectivity index (χ0v) is 15.0. The van der Waals surface area contributed by atoms with Crippen molar-refractivity contribution in [2.24, 2.45) is 0 Å². The number of rotatable bonds is 2. The average Bonchev–Trinajstić information content (AvgIpc) is 2.79. The van der Waals surface area contributed by atoms with Crippen LogP contribution in [0.2, 0.25) is 5.02 Å². The summed E-state index contributed by atoms with van der Waals surface area (Å²) in [7, 11) is 0. The Morgan fingerprint density at radius 3 is 2.27 bits per heavy atom. The first-order chi connectivity index (χ1) is 12.2. The lowest BCUT2D eigenvalue weighted by atomic mass is 10.1. The number of halogens is 2. The molecule has 0 N–H and O–H groups in total. The van der Waals surface area contributed by atoms with Crippen LogP contribution in [-0.2, 0) is 0 Å². The molecule has 0 saturated carbocycles. The van der Waals surface area contributed by atoms with Gasteiger partial charge in [0, 0.05) is 10.6 Å². The van der Waals surface area contributed by atoms with Crippen molar-refractivity contribution in [1.82, 2.24) is 9.97 Å². The molecule has 0 atom stereocenters. The highest BCUT2D eigenvalue weighted by atomic mass is 35.5. The number of fused-ring (bicyclic) bond motifs is 1. The molecular formula is C20H13Cl2N3O. The molecule has 4 aromatic rings. The van der Waals surface area contributed by atoms with Crippen LogP contribution in [0.5, 0.6) is 0 Å². The molecule has 0 radical (unpaired) electrons. The number of benzene rings is 2. The summed E-state index contributed by atoms with van der Waals surface area (Å²) in [5.41, 5.74) is 1.72. The monoisotopic (exact) mass is 381 g/mol. The summed E-state index contributed by atoms with van der Waals surface area (Å²) in [6.45, 7) is 0. The van der Waals surface area contributed by atoms with Gasteiger partial charge in [-0.2, -0.15) is 4.57 Å². The number of hydrogen-bond acceptors (Lipinski definition) is 3. The van der Waals surface area contributed by atoms with Crippen LogP contribution in [0.4, 0.5) is 0 Å². The fourth-order valence-electron chi connectivity index (χ4n) is 2.69. The molecule has 2 aromatic heterocycles. The summed E-state index contributed by atoms with van der Waals surface area (Å²) in [6.07, 6.45) is 3.55. The highest BCUT2D eigenvalue weighted by Crippen LogP contribution is 2.26. The SMILES string of the molecule is O=c1nc2ccc(Cl)cc2c(-c2ccccc2)nc1-[n+]1ccccc1.[Cl-]. The summed E-state index contributed by atoms with van der Waals surface area (Å²) in [5, 5.41) is 1.31. The molecule has 4 nitrogen and oxygen atoms in total. The van der Waals surface area contributed by atoms with E-state index in [1.165, 1.54) is 0 Å². The fourth-order valence-corrected chi connectivity index (χ4v) is 2.86. The minimum absolute atomic E-state index is 0. The predicted molar refractivity (Wildman–Crippen MR) is 97.8 cm³/mol. The smallest absolute Gasteiger partial charge is 0.396 e. The van der Waals surface area contributed by atoms with Gasteiger partial charge in [-0.3, -0.25) is 4.79 Å². The lowest BCUT2D eigenvalue weighted by molar-refractivity contribution is -0.600. The zero-order chi connectivity index (χ0) is 17.2. The van der Waals surface area contributed by atoms with Crippen molar-refractivity contribution in [1.29, 1.82) is 0 Å². The molecule has 0 aliphatic heterocycles. The second-order valence-corrected chi connectivity index (χ2v) is 5.95. The van der Waals surface area contributed by atoms with Gasteiger partial charge >= 0.3 is 11.4 Å². The Kier molecular flexibility index (Phi) is 5.26. The molecule has 0 unspecified atom stereocenters. The van der Waals surface area contributed by atoms with Crippen molar-refractivity contribution in [2.45, 2.75) is 0 Å². The van der Waals surface area contributed by atoms with Crippen LogP contribution in [0.15, 0.2) is 83.9 Å². The molecule has 0 saturated heterocycles. The van der Waals surface area contributed by atoms with Crippen molar-refractivity contribution in [3.8, 4) is 17.1 Å². The molecule has 26 heavy (non-hydrogen) atoms. The number of hydrogen-bond donors (Lipinski definition) is 0. The Morgan fingerprint density at radius 1 is 0.846 bits per heavy atom. The van der Waals surface area contributed by atoms with Gasteiger partial charge in [0.1, 0.15) is 0 Å². The molecule has 2 heterocycles. The molecule has 0 bridgehead atoms. The summed E-state index contributed by atoms with van der Waals surface area (Å²) < 4.78 is 1.67. The van der Waals surface area contributed by atoms with E-state index in [0.717, 1.165) is 10.9 Å². The van der Waals surface area contributed by atoms with E-state index in [4.69, 9.17) is 11.6 Å². The van der Waals surface area contributed by atoms with Gasteiger partial charge in [-0.1, -0.05) is 48.0 Å². The normalized spacial score (nSPS) is 10.3. The minimum atomic E-state index is -0.397. The molecule has 0 amide bonds. The van der Waals surface area contributed by atoms with Crippen LogP contribution in [-0.4, -0.2) is 9.97 Å². The van der Waals surface area contributed by atoms with Crippen LogP contribution in [0.1, 0.15) is 0 Å². The van der Waals surface area contributed by atoms with Gasteiger partial charge in [0.2, 0.25) is 0 Å². The van der Waals surface area contributed by atoms with E-state index in [9.17, 15) is 4.79 Å². The fraction of sp³-hybridized carbons (Fsp3) is 0. The summed E-state index contributed by atoms with van der Waals surface area (Å²) in [5.74, 6) is 0.242. The summed E-state index contributed by atoms with van der Waals surface area (Å²) in [6, 6.07) is 20.5. The zero-order valence-electron chi connectivity index (χ0n) is 13.5. The van der Waals surface area contributed by atoms with E-state index in [0.29, 0.717) is 16.2 Å². The Morgan fingerprint density at radius 2 is 1.54 bits per heavy atom. The van der Waals surface area contributed by atoms with Crippen LogP contribution >= 0.6 is 11.6 Å². The maximum Gasteiger partial charge on any atom is 0.396 e. The van der Waals surface area contributed by atoms with Crippen LogP contribution in [0.25, 0.3) is 28.0 Å². The van der Waals surface area contributed by atoms with Gasteiger partial charge in [0.05, 0.1) is 23.3 Å². The second kappa shape index (κ2) is 7.60. The minimum Gasteiger partial charge on any atom is -1.00 e. The average molecular weight is 382 g/mol. The van der Waals surface area contributed by atoms with E-state index in [2.05, 4.69) is 9.97 Å². The summed E-state index contributed by atoms with van der Waals surface area (Å²) >= 11 is 6.18. The molecule has 0 aliphatic rings. The molecule has 0 spiro atoms. The molecule has 4 rings (SSSR count). The van der Waals surface area contributed by atoms with Gasteiger partial charge in [0.25, 0.3) is 0 Å². The van der Waals surface area contributed by atoms with E-state index < -0.39 is 5.56 Å². The second-order valence-electron chi connectivity index (χ2n) is 5.51. The number of nitrogens with zero attached hydrogens (tertiary/aromatic N) is 3. The third-order valence-electron chi connectivity index (χ3n) is 3.85. The Hall–Kier alpha value is -2.82. The van der Waals surface area contributed by atoms with E-state index >= 15 is 0 Å². The lowest BCUT2D eigenvalue weighted by Crippen LogP contribution is -3.00. The third-order valence-corrected chi connectivity index (χ3v) is 4.09. The Balaban J connectivity index is 0.00000196. The maximum absolute atomic E-state index is 12.7. The van der Waals surface area contributed by atoms with Crippen molar-refractivity contribution in [2.75, 3.05) is 0 Å². The molecule has 2 aromatic carbocycles. The quantitative estimate of drug-likeness (QED) is 0.477. The van der Waals surface area contributed by atoms with Gasteiger partial charge in [-0.25, -0.2) is 4.98 Å². The largest absolute Gasteiger partial charge is 1.00 e.